The molecule has 1 atom stereocenters. The highest BCUT2D eigenvalue weighted by Crippen LogP contribution is 2.21. The molecule has 1 heterocycles. The van der Waals surface area contributed by atoms with Gasteiger partial charge < -0.3 is 14.7 Å². The summed E-state index contributed by atoms with van der Waals surface area (Å²) in [6.45, 7) is 3.41. The summed E-state index contributed by atoms with van der Waals surface area (Å²) in [6, 6.07) is 9.67. The fourth-order valence-electron chi connectivity index (χ4n) is 3.30. The third kappa shape index (κ3) is 7.44. The molecule has 1 unspecified atom stereocenters. The van der Waals surface area contributed by atoms with E-state index in [1.54, 1.807) is 4.90 Å². The van der Waals surface area contributed by atoms with Gasteiger partial charge in [0, 0.05) is 26.6 Å². The molecular weight excluding hydrogens is 332 g/mol. The maximum absolute atomic E-state index is 12.4. The van der Waals surface area contributed by atoms with Crippen LogP contribution in [0.1, 0.15) is 32.1 Å². The van der Waals surface area contributed by atoms with Crippen LogP contribution in [0.5, 0.6) is 5.75 Å². The van der Waals surface area contributed by atoms with E-state index in [1.165, 1.54) is 0 Å². The first-order valence-electron chi connectivity index (χ1n) is 9.40. The molecule has 0 aliphatic carbocycles. The minimum atomic E-state index is -0.740. The van der Waals surface area contributed by atoms with Crippen molar-refractivity contribution in [3.63, 3.8) is 0 Å². The van der Waals surface area contributed by atoms with Gasteiger partial charge in [-0.1, -0.05) is 18.2 Å². The molecule has 0 radical (unpaired) electrons. The summed E-state index contributed by atoms with van der Waals surface area (Å²) >= 11 is 0. The number of carboxylic acids is 1. The van der Waals surface area contributed by atoms with Crippen molar-refractivity contribution in [1.82, 2.24) is 9.80 Å². The number of para-hydroxylation sites is 1. The Balaban J connectivity index is 1.63. The number of likely N-dealkylation sites (tertiary alicyclic amines) is 1. The molecule has 1 N–H and O–H groups in total. The molecule has 0 saturated carbocycles. The van der Waals surface area contributed by atoms with Crippen LogP contribution in [-0.4, -0.2) is 66.6 Å². The third-order valence-electron chi connectivity index (χ3n) is 4.80. The minimum Gasteiger partial charge on any atom is -0.494 e. The van der Waals surface area contributed by atoms with Crippen molar-refractivity contribution in [1.29, 1.82) is 0 Å². The highest BCUT2D eigenvalue weighted by Gasteiger charge is 2.23. The highest BCUT2D eigenvalue weighted by molar-refractivity contribution is 5.78. The Morgan fingerprint density at radius 1 is 1.31 bits per heavy atom. The first kappa shape index (κ1) is 20.2. The van der Waals surface area contributed by atoms with E-state index in [0.717, 1.165) is 38.1 Å². The number of carboxylic acid groups (broad SMARTS) is 1. The summed E-state index contributed by atoms with van der Waals surface area (Å²) in [6.07, 6.45) is 3.80. The Bertz CT molecular complexity index is 564. The second-order valence-corrected chi connectivity index (χ2v) is 7.01. The van der Waals surface area contributed by atoms with Crippen LogP contribution in [0.2, 0.25) is 0 Å². The molecule has 0 spiro atoms. The van der Waals surface area contributed by atoms with Crippen molar-refractivity contribution in [3.05, 3.63) is 30.3 Å². The number of amides is 1. The Hall–Kier alpha value is -2.08. The number of ether oxygens (including phenoxy) is 1. The third-order valence-corrected chi connectivity index (χ3v) is 4.80. The quantitative estimate of drug-likeness (QED) is 0.648. The SMILES string of the molecule is CN(CCCOc1ccccc1)C(=O)CN1CCCC(CCC(=O)O)C1. The average Bonchev–Trinajstić information content (AvgIpc) is 2.64. The van der Waals surface area contributed by atoms with E-state index in [-0.39, 0.29) is 12.3 Å². The Morgan fingerprint density at radius 3 is 2.81 bits per heavy atom. The zero-order chi connectivity index (χ0) is 18.8. The summed E-state index contributed by atoms with van der Waals surface area (Å²) in [7, 11) is 1.83. The summed E-state index contributed by atoms with van der Waals surface area (Å²) in [4.78, 5) is 27.0. The summed E-state index contributed by atoms with van der Waals surface area (Å²) in [5, 5.41) is 8.82. The van der Waals surface area contributed by atoms with E-state index in [2.05, 4.69) is 4.90 Å². The number of hydrogen-bond donors (Lipinski definition) is 1. The first-order valence-corrected chi connectivity index (χ1v) is 9.40. The van der Waals surface area contributed by atoms with Gasteiger partial charge in [-0.3, -0.25) is 14.5 Å². The molecule has 2 rings (SSSR count). The van der Waals surface area contributed by atoms with Crippen molar-refractivity contribution in [3.8, 4) is 5.75 Å². The lowest BCUT2D eigenvalue weighted by atomic mass is 9.93. The topological polar surface area (TPSA) is 70.1 Å². The van der Waals surface area contributed by atoms with Gasteiger partial charge in [0.25, 0.3) is 0 Å². The summed E-state index contributed by atoms with van der Waals surface area (Å²) < 4.78 is 5.65. The van der Waals surface area contributed by atoms with Crippen LogP contribution < -0.4 is 4.74 Å². The first-order chi connectivity index (χ1) is 12.5. The molecule has 6 heteroatoms. The molecule has 26 heavy (non-hydrogen) atoms. The molecule has 1 aromatic rings. The van der Waals surface area contributed by atoms with Gasteiger partial charge in [0.15, 0.2) is 0 Å². The lowest BCUT2D eigenvalue weighted by Gasteiger charge is -2.33. The van der Waals surface area contributed by atoms with Crippen LogP contribution in [0, 0.1) is 5.92 Å². The molecule has 0 aromatic heterocycles. The maximum Gasteiger partial charge on any atom is 0.303 e. The minimum absolute atomic E-state index is 0.114. The zero-order valence-corrected chi connectivity index (χ0v) is 15.6. The molecule has 144 valence electrons. The normalized spacial score (nSPS) is 17.7. The van der Waals surface area contributed by atoms with Gasteiger partial charge in [-0.05, 0) is 50.3 Å². The molecule has 1 amide bonds. The largest absolute Gasteiger partial charge is 0.494 e. The number of nitrogens with zero attached hydrogens (tertiary/aromatic N) is 2. The van der Waals surface area contributed by atoms with Crippen molar-refractivity contribution in [2.24, 2.45) is 5.92 Å². The van der Waals surface area contributed by atoms with Crippen LogP contribution in [0.3, 0.4) is 0 Å². The fraction of sp³-hybridized carbons (Fsp3) is 0.600. The van der Waals surface area contributed by atoms with Crippen molar-refractivity contribution < 1.29 is 19.4 Å². The maximum atomic E-state index is 12.4. The molecule has 1 aliphatic rings. The van der Waals surface area contributed by atoms with E-state index in [0.29, 0.717) is 32.0 Å². The van der Waals surface area contributed by atoms with E-state index in [4.69, 9.17) is 9.84 Å². The number of rotatable bonds is 10. The van der Waals surface area contributed by atoms with E-state index in [9.17, 15) is 9.59 Å². The smallest absolute Gasteiger partial charge is 0.303 e. The Kier molecular flexibility index (Phi) is 8.41. The molecular formula is C20H30N2O4. The number of carbonyl (C=O) groups excluding carboxylic acids is 1. The second kappa shape index (κ2) is 10.8. The van der Waals surface area contributed by atoms with Crippen LogP contribution >= 0.6 is 0 Å². The molecule has 1 saturated heterocycles. The lowest BCUT2D eigenvalue weighted by Crippen LogP contribution is -2.43. The molecule has 0 bridgehead atoms. The number of carbonyl (C=O) groups is 2. The highest BCUT2D eigenvalue weighted by atomic mass is 16.5. The van der Waals surface area contributed by atoms with E-state index < -0.39 is 5.97 Å². The number of aliphatic carboxylic acids is 1. The molecule has 1 aliphatic heterocycles. The van der Waals surface area contributed by atoms with E-state index in [1.807, 2.05) is 37.4 Å². The second-order valence-electron chi connectivity index (χ2n) is 7.01. The zero-order valence-electron chi connectivity index (χ0n) is 15.6. The summed E-state index contributed by atoms with van der Waals surface area (Å²) in [5.74, 6) is 0.610. The molecule has 1 aromatic carbocycles. The number of benzene rings is 1. The lowest BCUT2D eigenvalue weighted by molar-refractivity contribution is -0.137. The van der Waals surface area contributed by atoms with Crippen molar-refractivity contribution in [2.45, 2.75) is 32.1 Å². The van der Waals surface area contributed by atoms with Crippen LogP contribution in [0.25, 0.3) is 0 Å². The fourth-order valence-corrected chi connectivity index (χ4v) is 3.30. The predicted molar refractivity (Wildman–Crippen MR) is 100 cm³/mol. The van der Waals surface area contributed by atoms with Gasteiger partial charge in [0.05, 0.1) is 13.2 Å². The predicted octanol–water partition coefficient (Wildman–Crippen LogP) is 2.49. The molecule has 6 nitrogen and oxygen atoms in total. The van der Waals surface area contributed by atoms with Gasteiger partial charge in [-0.25, -0.2) is 0 Å². The van der Waals surface area contributed by atoms with Gasteiger partial charge in [-0.15, -0.1) is 0 Å². The van der Waals surface area contributed by atoms with Crippen LogP contribution in [0.15, 0.2) is 30.3 Å². The summed E-state index contributed by atoms with van der Waals surface area (Å²) in [5.41, 5.74) is 0. The number of likely N-dealkylation sites (N-methyl/N-ethyl adjacent to an activating group) is 1. The Morgan fingerprint density at radius 2 is 2.08 bits per heavy atom. The van der Waals surface area contributed by atoms with Crippen LogP contribution in [-0.2, 0) is 9.59 Å². The van der Waals surface area contributed by atoms with Gasteiger partial charge >= 0.3 is 5.97 Å². The average molecular weight is 362 g/mol. The van der Waals surface area contributed by atoms with Gasteiger partial charge in [-0.2, -0.15) is 0 Å². The standard InChI is InChI=1S/C20H30N2O4/c1-21(12-6-14-26-18-8-3-2-4-9-18)19(23)16-22-13-5-7-17(15-22)10-11-20(24)25/h2-4,8-9,17H,5-7,10-16H2,1H3,(H,24,25). The number of hydrogen-bond acceptors (Lipinski definition) is 4. The van der Waals surface area contributed by atoms with Crippen molar-refractivity contribution >= 4 is 11.9 Å². The van der Waals surface area contributed by atoms with Gasteiger partial charge in [0.2, 0.25) is 5.91 Å². The monoisotopic (exact) mass is 362 g/mol. The van der Waals surface area contributed by atoms with Crippen molar-refractivity contribution in [2.75, 3.05) is 39.8 Å². The van der Waals surface area contributed by atoms with Crippen LogP contribution in [0.4, 0.5) is 0 Å². The van der Waals surface area contributed by atoms with E-state index >= 15 is 0 Å². The van der Waals surface area contributed by atoms with Gasteiger partial charge in [0.1, 0.15) is 5.75 Å². The Labute approximate surface area is 155 Å². The molecule has 1 fully saturated rings. The number of piperidine rings is 1.